The van der Waals surface area contributed by atoms with Crippen LogP contribution in [0.5, 0.6) is 5.75 Å². The lowest BCUT2D eigenvalue weighted by Crippen LogP contribution is -2.46. The Morgan fingerprint density at radius 3 is 2.50 bits per heavy atom. The van der Waals surface area contributed by atoms with E-state index in [1.54, 1.807) is 54.2 Å². The number of halogens is 3. The van der Waals surface area contributed by atoms with Gasteiger partial charge in [-0.2, -0.15) is 13.2 Å². The van der Waals surface area contributed by atoms with Crippen molar-refractivity contribution in [1.29, 1.82) is 0 Å². The van der Waals surface area contributed by atoms with Crippen molar-refractivity contribution < 1.29 is 27.4 Å². The third kappa shape index (κ3) is 5.10. The maximum atomic E-state index is 12.6. The van der Waals surface area contributed by atoms with Gasteiger partial charge in [0.25, 0.3) is 5.91 Å². The van der Waals surface area contributed by atoms with E-state index in [2.05, 4.69) is 10.3 Å². The number of hydrogen-bond acceptors (Lipinski definition) is 4. The van der Waals surface area contributed by atoms with Gasteiger partial charge in [0.15, 0.2) is 6.61 Å². The summed E-state index contributed by atoms with van der Waals surface area (Å²) in [6.07, 6.45) is -1.18. The van der Waals surface area contributed by atoms with Crippen LogP contribution in [0.25, 0.3) is 16.8 Å². The van der Waals surface area contributed by atoms with Crippen LogP contribution >= 0.6 is 0 Å². The highest BCUT2D eigenvalue weighted by molar-refractivity contribution is 5.94. The molecule has 0 fully saturated rings. The molecule has 0 spiro atoms. The zero-order chi connectivity index (χ0) is 21.9. The summed E-state index contributed by atoms with van der Waals surface area (Å²) in [7, 11) is 1.55. The molecular formula is C21H22F3N3O3. The number of imidazole rings is 1. The van der Waals surface area contributed by atoms with Gasteiger partial charge in [0.2, 0.25) is 0 Å². The van der Waals surface area contributed by atoms with Crippen LogP contribution < -0.4 is 10.1 Å². The second-order valence-electron chi connectivity index (χ2n) is 7.45. The quantitative estimate of drug-likeness (QED) is 0.624. The number of carbonyl (C=O) groups is 1. The molecule has 0 radical (unpaired) electrons. The van der Waals surface area contributed by atoms with Gasteiger partial charge in [-0.3, -0.25) is 4.79 Å². The summed E-state index contributed by atoms with van der Waals surface area (Å²) in [6, 6.07) is 9.85. The number of alkyl halides is 3. The topological polar surface area (TPSA) is 64.9 Å². The van der Waals surface area contributed by atoms with Crippen molar-refractivity contribution in [2.24, 2.45) is 0 Å². The van der Waals surface area contributed by atoms with Crippen LogP contribution in [-0.4, -0.2) is 47.3 Å². The molecule has 160 valence electrons. The summed E-state index contributed by atoms with van der Waals surface area (Å²) >= 11 is 0. The van der Waals surface area contributed by atoms with Gasteiger partial charge in [-0.05, 0) is 32.0 Å². The van der Waals surface area contributed by atoms with E-state index >= 15 is 0 Å². The van der Waals surface area contributed by atoms with Crippen LogP contribution in [0, 0.1) is 0 Å². The molecule has 3 rings (SSSR count). The third-order valence-corrected chi connectivity index (χ3v) is 4.24. The lowest BCUT2D eigenvalue weighted by molar-refractivity contribution is -0.153. The highest BCUT2D eigenvalue weighted by Gasteiger charge is 2.29. The number of ether oxygens (including phenoxy) is 2. The summed E-state index contributed by atoms with van der Waals surface area (Å²) in [5.74, 6) is -0.300. The first kappa shape index (κ1) is 21.6. The normalized spacial score (nSPS) is 12.2. The minimum atomic E-state index is -4.45. The van der Waals surface area contributed by atoms with Crippen LogP contribution in [-0.2, 0) is 4.74 Å². The van der Waals surface area contributed by atoms with E-state index in [1.807, 2.05) is 13.8 Å². The van der Waals surface area contributed by atoms with Crippen LogP contribution in [0.4, 0.5) is 13.2 Å². The van der Waals surface area contributed by atoms with Crippen LogP contribution in [0.3, 0.4) is 0 Å². The second kappa shape index (κ2) is 8.35. The minimum Gasteiger partial charge on any atom is -0.483 e. The molecule has 6 nitrogen and oxygen atoms in total. The fraction of sp³-hybridized carbons (Fsp3) is 0.333. The number of fused-ring (bicyclic) bond motifs is 1. The van der Waals surface area contributed by atoms with Crippen LogP contribution in [0.2, 0.25) is 0 Å². The predicted octanol–water partition coefficient (Wildman–Crippen LogP) is 4.10. The summed E-state index contributed by atoms with van der Waals surface area (Å²) in [4.78, 5) is 17.1. The van der Waals surface area contributed by atoms with Gasteiger partial charge in [-0.1, -0.05) is 18.2 Å². The van der Waals surface area contributed by atoms with E-state index in [0.717, 1.165) is 0 Å². The van der Waals surface area contributed by atoms with Crippen LogP contribution in [0.15, 0.2) is 48.8 Å². The zero-order valence-corrected chi connectivity index (χ0v) is 16.8. The molecule has 0 unspecified atom stereocenters. The molecule has 0 atom stereocenters. The predicted molar refractivity (Wildman–Crippen MR) is 106 cm³/mol. The Kier molecular flexibility index (Phi) is 6.02. The molecular weight excluding hydrogens is 399 g/mol. The number of nitrogens with zero attached hydrogens (tertiary/aromatic N) is 2. The molecule has 1 N–H and O–H groups in total. The highest BCUT2D eigenvalue weighted by Crippen LogP contribution is 2.33. The van der Waals surface area contributed by atoms with Crippen molar-refractivity contribution in [2.75, 3.05) is 20.3 Å². The lowest BCUT2D eigenvalue weighted by atomic mass is 10.1. The average molecular weight is 421 g/mol. The second-order valence-corrected chi connectivity index (χ2v) is 7.45. The summed E-state index contributed by atoms with van der Waals surface area (Å²) in [6.45, 7) is 2.57. The summed E-state index contributed by atoms with van der Waals surface area (Å²) in [5.41, 5.74) is 1.01. The minimum absolute atomic E-state index is 0.0816. The van der Waals surface area contributed by atoms with E-state index in [4.69, 9.17) is 9.47 Å². The smallest absolute Gasteiger partial charge is 0.422 e. The third-order valence-electron chi connectivity index (χ3n) is 4.24. The van der Waals surface area contributed by atoms with Crippen molar-refractivity contribution in [2.45, 2.75) is 25.6 Å². The van der Waals surface area contributed by atoms with E-state index in [0.29, 0.717) is 23.4 Å². The average Bonchev–Trinajstić information content (AvgIpc) is 3.10. The molecule has 30 heavy (non-hydrogen) atoms. The van der Waals surface area contributed by atoms with Gasteiger partial charge in [-0.25, -0.2) is 4.98 Å². The Hall–Kier alpha value is -3.07. The van der Waals surface area contributed by atoms with Crippen molar-refractivity contribution >= 4 is 11.6 Å². The van der Waals surface area contributed by atoms with E-state index in [-0.39, 0.29) is 17.4 Å². The molecule has 0 aliphatic carbocycles. The highest BCUT2D eigenvalue weighted by atomic mass is 19.4. The van der Waals surface area contributed by atoms with Gasteiger partial charge in [0.1, 0.15) is 17.1 Å². The van der Waals surface area contributed by atoms with Gasteiger partial charge in [-0.15, -0.1) is 0 Å². The van der Waals surface area contributed by atoms with E-state index in [1.165, 1.54) is 6.07 Å². The number of aromatic nitrogens is 2. The number of amides is 1. The number of nitrogens with one attached hydrogen (secondary N) is 1. The van der Waals surface area contributed by atoms with Crippen LogP contribution in [0.1, 0.15) is 24.3 Å². The molecule has 0 saturated heterocycles. The maximum Gasteiger partial charge on any atom is 0.422 e. The molecule has 3 aromatic rings. The van der Waals surface area contributed by atoms with E-state index in [9.17, 15) is 18.0 Å². The standard InChI is InChI=1S/C21H22F3N3O3/c1-20(2,12-29-3)26-19(28)16-11-27-10-6-8-15(18(27)25-16)14-7-4-5-9-17(14)30-13-21(22,23)24/h4-11H,12-13H2,1-3H3,(H,26,28). The van der Waals surface area contributed by atoms with Gasteiger partial charge in [0, 0.05) is 30.6 Å². The first-order valence-corrected chi connectivity index (χ1v) is 9.18. The lowest BCUT2D eigenvalue weighted by Gasteiger charge is -2.24. The number of benzene rings is 1. The Labute approximate surface area is 171 Å². The van der Waals surface area contributed by atoms with Crippen molar-refractivity contribution in [3.8, 4) is 16.9 Å². The fourth-order valence-electron chi connectivity index (χ4n) is 3.08. The molecule has 0 saturated carbocycles. The molecule has 1 aromatic carbocycles. The summed E-state index contributed by atoms with van der Waals surface area (Å²) < 4.78 is 49.6. The SMILES string of the molecule is COCC(C)(C)NC(=O)c1cn2cccc(-c3ccccc3OCC(F)(F)F)c2n1. The Morgan fingerprint density at radius 1 is 1.10 bits per heavy atom. The fourth-order valence-corrected chi connectivity index (χ4v) is 3.08. The number of hydrogen-bond donors (Lipinski definition) is 1. The largest absolute Gasteiger partial charge is 0.483 e. The number of carbonyl (C=O) groups excluding carboxylic acids is 1. The molecule has 0 aliphatic rings. The van der Waals surface area contributed by atoms with Gasteiger partial charge in [0.05, 0.1) is 12.1 Å². The number of methoxy groups -OCH3 is 1. The molecule has 1 amide bonds. The van der Waals surface area contributed by atoms with Crippen molar-refractivity contribution in [3.63, 3.8) is 0 Å². The molecule has 2 heterocycles. The first-order chi connectivity index (χ1) is 14.1. The molecule has 0 aliphatic heterocycles. The Morgan fingerprint density at radius 2 is 1.80 bits per heavy atom. The van der Waals surface area contributed by atoms with Crippen molar-refractivity contribution in [3.05, 3.63) is 54.5 Å². The maximum absolute atomic E-state index is 12.6. The molecule has 9 heteroatoms. The summed E-state index contributed by atoms with van der Waals surface area (Å²) in [5, 5.41) is 2.85. The zero-order valence-electron chi connectivity index (χ0n) is 16.8. The van der Waals surface area contributed by atoms with Crippen molar-refractivity contribution in [1.82, 2.24) is 14.7 Å². The van der Waals surface area contributed by atoms with Gasteiger partial charge < -0.3 is 19.2 Å². The molecule has 0 bridgehead atoms. The van der Waals surface area contributed by atoms with Gasteiger partial charge >= 0.3 is 6.18 Å². The Balaban J connectivity index is 1.97. The monoisotopic (exact) mass is 421 g/mol. The first-order valence-electron chi connectivity index (χ1n) is 9.18. The number of pyridine rings is 1. The number of rotatable bonds is 7. The molecule has 2 aromatic heterocycles. The van der Waals surface area contributed by atoms with E-state index < -0.39 is 18.3 Å². The Bertz CT molecular complexity index is 1040. The number of para-hydroxylation sites is 1.